The minimum absolute atomic E-state index is 0.278. The van der Waals surface area contributed by atoms with E-state index in [1.54, 1.807) is 12.1 Å². The van der Waals surface area contributed by atoms with Crippen molar-refractivity contribution in [3.63, 3.8) is 0 Å². The van der Waals surface area contributed by atoms with Gasteiger partial charge in [-0.05, 0) is 29.7 Å². The van der Waals surface area contributed by atoms with Gasteiger partial charge < -0.3 is 5.11 Å². The summed E-state index contributed by atoms with van der Waals surface area (Å²) >= 11 is 2.92. The molecule has 0 aliphatic heterocycles. The van der Waals surface area contributed by atoms with Crippen LogP contribution in [0.2, 0.25) is 0 Å². The molecule has 0 bridgehead atoms. The summed E-state index contributed by atoms with van der Waals surface area (Å²) in [6.45, 7) is 2.03. The number of aryl methyl sites for hydroxylation is 1. The Hall–Kier alpha value is -1.07. The molecule has 5 heteroatoms. The molecule has 0 amide bonds. The highest BCUT2D eigenvalue weighted by Gasteiger charge is 2.04. The summed E-state index contributed by atoms with van der Waals surface area (Å²) in [6.07, 6.45) is 0.858. The van der Waals surface area contributed by atoms with Gasteiger partial charge in [0.15, 0.2) is 4.34 Å². The van der Waals surface area contributed by atoms with E-state index in [9.17, 15) is 5.11 Å². The van der Waals surface area contributed by atoms with Crippen LogP contribution in [0.1, 0.15) is 12.7 Å². The molecule has 1 aromatic heterocycles. The highest BCUT2D eigenvalue weighted by atomic mass is 32.2. The predicted molar refractivity (Wildman–Crippen MR) is 61.5 cm³/mol. The van der Waals surface area contributed by atoms with Crippen LogP contribution in [-0.4, -0.2) is 14.5 Å². The number of phenols is 1. The molecule has 1 aromatic carbocycles. The van der Waals surface area contributed by atoms with E-state index < -0.39 is 0 Å². The number of rotatable bonds is 3. The number of hydrogen-bond acceptors (Lipinski definition) is 5. The first-order valence-electron chi connectivity index (χ1n) is 4.57. The van der Waals surface area contributed by atoms with Gasteiger partial charge in [-0.2, -0.15) is 4.37 Å². The van der Waals surface area contributed by atoms with Gasteiger partial charge in [-0.25, -0.2) is 4.98 Å². The topological polar surface area (TPSA) is 46.0 Å². The molecule has 0 unspecified atom stereocenters. The highest BCUT2D eigenvalue weighted by Crippen LogP contribution is 2.30. The summed E-state index contributed by atoms with van der Waals surface area (Å²) in [5, 5.41) is 9.30. The lowest BCUT2D eigenvalue weighted by molar-refractivity contribution is 0.474. The number of nitrogens with zero attached hydrogens (tertiary/aromatic N) is 2. The standard InChI is InChI=1S/C10H10N2OS2/c1-2-9-11-10(15-12-9)14-8-5-3-4-7(13)6-8/h3-6,13H,2H2,1H3. The average Bonchev–Trinajstić information content (AvgIpc) is 2.65. The Balaban J connectivity index is 2.14. The van der Waals surface area contributed by atoms with E-state index in [4.69, 9.17) is 0 Å². The molecule has 3 nitrogen and oxygen atoms in total. The highest BCUT2D eigenvalue weighted by molar-refractivity contribution is 8.01. The molecule has 2 rings (SSSR count). The van der Waals surface area contributed by atoms with Crippen LogP contribution >= 0.6 is 23.3 Å². The lowest BCUT2D eigenvalue weighted by Gasteiger charge is -1.96. The molecular formula is C10H10N2OS2. The van der Waals surface area contributed by atoms with E-state index in [0.717, 1.165) is 21.5 Å². The van der Waals surface area contributed by atoms with Crippen LogP contribution in [0.25, 0.3) is 0 Å². The van der Waals surface area contributed by atoms with Crippen molar-refractivity contribution < 1.29 is 5.11 Å². The van der Waals surface area contributed by atoms with Crippen molar-refractivity contribution in [2.75, 3.05) is 0 Å². The molecule has 15 heavy (non-hydrogen) atoms. The fourth-order valence-electron chi connectivity index (χ4n) is 1.07. The first-order valence-corrected chi connectivity index (χ1v) is 6.16. The van der Waals surface area contributed by atoms with Crippen molar-refractivity contribution in [2.45, 2.75) is 22.6 Å². The maximum atomic E-state index is 9.30. The van der Waals surface area contributed by atoms with Crippen LogP contribution in [0.5, 0.6) is 5.75 Å². The maximum Gasteiger partial charge on any atom is 0.174 e. The number of phenolic OH excluding ortho intramolecular Hbond substituents is 1. The van der Waals surface area contributed by atoms with Crippen molar-refractivity contribution in [1.82, 2.24) is 9.36 Å². The molecule has 0 saturated carbocycles. The summed E-state index contributed by atoms with van der Waals surface area (Å²) in [7, 11) is 0. The largest absolute Gasteiger partial charge is 0.508 e. The number of hydrogen-bond donors (Lipinski definition) is 1. The zero-order valence-electron chi connectivity index (χ0n) is 8.17. The molecule has 1 heterocycles. The molecule has 0 spiro atoms. The third kappa shape index (κ3) is 2.70. The maximum absolute atomic E-state index is 9.30. The van der Waals surface area contributed by atoms with Gasteiger partial charge in [0, 0.05) is 11.3 Å². The van der Waals surface area contributed by atoms with Crippen molar-refractivity contribution in [1.29, 1.82) is 0 Å². The van der Waals surface area contributed by atoms with E-state index in [1.807, 2.05) is 19.1 Å². The minimum atomic E-state index is 0.278. The Morgan fingerprint density at radius 2 is 2.33 bits per heavy atom. The van der Waals surface area contributed by atoms with E-state index in [-0.39, 0.29) is 5.75 Å². The quantitative estimate of drug-likeness (QED) is 0.893. The Labute approximate surface area is 96.4 Å². The fourth-order valence-corrected chi connectivity index (χ4v) is 2.80. The smallest absolute Gasteiger partial charge is 0.174 e. The van der Waals surface area contributed by atoms with Crippen LogP contribution in [0.3, 0.4) is 0 Å². The second-order valence-electron chi connectivity index (χ2n) is 2.93. The van der Waals surface area contributed by atoms with Crippen LogP contribution < -0.4 is 0 Å². The van der Waals surface area contributed by atoms with Gasteiger partial charge in [0.25, 0.3) is 0 Å². The summed E-state index contributed by atoms with van der Waals surface area (Å²) in [4.78, 5) is 5.32. The van der Waals surface area contributed by atoms with E-state index in [2.05, 4.69) is 9.36 Å². The molecule has 78 valence electrons. The predicted octanol–water partition coefficient (Wildman–Crippen LogP) is 2.96. The number of aromatic hydroxyl groups is 1. The van der Waals surface area contributed by atoms with Gasteiger partial charge >= 0.3 is 0 Å². The molecule has 1 N–H and O–H groups in total. The second-order valence-corrected chi connectivity index (χ2v) is 5.00. The van der Waals surface area contributed by atoms with Crippen molar-refractivity contribution >= 4 is 23.3 Å². The lowest BCUT2D eigenvalue weighted by atomic mass is 10.3. The third-order valence-electron chi connectivity index (χ3n) is 1.79. The van der Waals surface area contributed by atoms with Crippen LogP contribution in [0.15, 0.2) is 33.5 Å². The fraction of sp³-hybridized carbons (Fsp3) is 0.200. The Kier molecular flexibility index (Phi) is 3.23. The molecular weight excluding hydrogens is 228 g/mol. The van der Waals surface area contributed by atoms with Crippen molar-refractivity contribution in [3.8, 4) is 5.75 Å². The van der Waals surface area contributed by atoms with Crippen LogP contribution in [0, 0.1) is 0 Å². The molecule has 0 aliphatic rings. The first-order chi connectivity index (χ1) is 7.28. The lowest BCUT2D eigenvalue weighted by Crippen LogP contribution is -1.80. The normalized spacial score (nSPS) is 10.5. The zero-order valence-corrected chi connectivity index (χ0v) is 9.81. The molecule has 0 aliphatic carbocycles. The van der Waals surface area contributed by atoms with Crippen molar-refractivity contribution in [2.24, 2.45) is 0 Å². The van der Waals surface area contributed by atoms with E-state index in [1.165, 1.54) is 23.3 Å². The Morgan fingerprint density at radius 3 is 3.00 bits per heavy atom. The number of aromatic nitrogens is 2. The van der Waals surface area contributed by atoms with Gasteiger partial charge in [-0.3, -0.25) is 0 Å². The summed E-state index contributed by atoms with van der Waals surface area (Å²) in [5.41, 5.74) is 0. The third-order valence-corrected chi connectivity index (χ3v) is 3.57. The SMILES string of the molecule is CCc1nsc(Sc2cccc(O)c2)n1. The van der Waals surface area contributed by atoms with E-state index >= 15 is 0 Å². The monoisotopic (exact) mass is 238 g/mol. The van der Waals surface area contributed by atoms with Gasteiger partial charge in [0.2, 0.25) is 0 Å². The van der Waals surface area contributed by atoms with Gasteiger partial charge in [-0.15, -0.1) is 0 Å². The summed E-state index contributed by atoms with van der Waals surface area (Å²) in [6, 6.07) is 7.14. The Bertz CT molecular complexity index is 456. The van der Waals surface area contributed by atoms with E-state index in [0.29, 0.717) is 0 Å². The zero-order chi connectivity index (χ0) is 10.7. The summed E-state index contributed by atoms with van der Waals surface area (Å²) in [5.74, 6) is 1.16. The molecule has 0 atom stereocenters. The van der Waals surface area contributed by atoms with Gasteiger partial charge in [-0.1, -0.05) is 24.8 Å². The summed E-state index contributed by atoms with van der Waals surface area (Å²) < 4.78 is 5.11. The molecule has 2 aromatic rings. The molecule has 0 fully saturated rings. The van der Waals surface area contributed by atoms with Crippen molar-refractivity contribution in [3.05, 3.63) is 30.1 Å². The first kappa shape index (κ1) is 10.4. The van der Waals surface area contributed by atoms with Gasteiger partial charge in [0.05, 0.1) is 0 Å². The number of benzene rings is 1. The van der Waals surface area contributed by atoms with Gasteiger partial charge in [0.1, 0.15) is 11.6 Å². The minimum Gasteiger partial charge on any atom is -0.508 e. The Morgan fingerprint density at radius 1 is 1.47 bits per heavy atom. The molecule has 0 saturated heterocycles. The molecule has 0 radical (unpaired) electrons. The average molecular weight is 238 g/mol. The van der Waals surface area contributed by atoms with Crippen LogP contribution in [-0.2, 0) is 6.42 Å². The second kappa shape index (κ2) is 4.63. The van der Waals surface area contributed by atoms with Crippen LogP contribution in [0.4, 0.5) is 0 Å².